The van der Waals surface area contributed by atoms with Crippen LogP contribution < -0.4 is 9.47 Å². The van der Waals surface area contributed by atoms with Crippen molar-refractivity contribution in [3.8, 4) is 11.5 Å². The van der Waals surface area contributed by atoms with E-state index in [0.717, 1.165) is 0 Å². The van der Waals surface area contributed by atoms with E-state index >= 15 is 0 Å². The first kappa shape index (κ1) is 13.0. The van der Waals surface area contributed by atoms with E-state index in [-0.39, 0.29) is 6.42 Å². The Morgan fingerprint density at radius 2 is 1.94 bits per heavy atom. The van der Waals surface area contributed by atoms with Crippen molar-refractivity contribution >= 4 is 11.9 Å². The molecule has 1 aromatic rings. The fraction of sp³-hybridized carbons (Fsp3) is 0.250. The first-order valence-electron chi connectivity index (χ1n) is 4.84. The number of ether oxygens (including phenoxy) is 3. The van der Waals surface area contributed by atoms with E-state index in [4.69, 9.17) is 9.47 Å². The minimum absolute atomic E-state index is 0.0817. The summed E-state index contributed by atoms with van der Waals surface area (Å²) in [6, 6.07) is 5.03. The van der Waals surface area contributed by atoms with Gasteiger partial charge in [-0.2, -0.15) is 0 Å². The normalized spacial score (nSPS) is 9.59. The van der Waals surface area contributed by atoms with Crippen molar-refractivity contribution in [2.45, 2.75) is 6.42 Å². The average Bonchev–Trinajstić information content (AvgIpc) is 2.27. The van der Waals surface area contributed by atoms with Crippen molar-refractivity contribution in [2.24, 2.45) is 0 Å². The summed E-state index contributed by atoms with van der Waals surface area (Å²) in [7, 11) is 3.01. The van der Waals surface area contributed by atoms with Gasteiger partial charge in [0.2, 0.25) is 0 Å². The summed E-state index contributed by atoms with van der Waals surface area (Å²) >= 11 is 0. The largest absolute Gasteiger partial charge is 0.497 e. The highest BCUT2D eigenvalue weighted by atomic mass is 16.6. The van der Waals surface area contributed by atoms with Crippen LogP contribution in [0.2, 0.25) is 0 Å². The van der Waals surface area contributed by atoms with Gasteiger partial charge in [0.15, 0.2) is 0 Å². The van der Waals surface area contributed by atoms with Gasteiger partial charge in [-0.05, 0) is 18.2 Å². The Morgan fingerprint density at radius 1 is 1.24 bits per heavy atom. The predicted octanol–water partition coefficient (Wildman–Crippen LogP) is 1.15. The Morgan fingerprint density at radius 3 is 2.47 bits per heavy atom. The molecule has 0 heterocycles. The van der Waals surface area contributed by atoms with Crippen molar-refractivity contribution < 1.29 is 23.8 Å². The predicted molar refractivity (Wildman–Crippen MR) is 59.7 cm³/mol. The van der Waals surface area contributed by atoms with Crippen molar-refractivity contribution in [1.29, 1.82) is 0 Å². The number of benzene rings is 1. The van der Waals surface area contributed by atoms with Crippen LogP contribution in [0.15, 0.2) is 18.2 Å². The van der Waals surface area contributed by atoms with Gasteiger partial charge in [0, 0.05) is 5.56 Å². The lowest BCUT2D eigenvalue weighted by molar-refractivity contribution is -0.155. The number of carbonyl (C=O) groups excluding carboxylic acids is 2. The Kier molecular flexibility index (Phi) is 4.51. The Labute approximate surface area is 99.3 Å². The molecule has 5 heteroatoms. The number of hydrogen-bond donors (Lipinski definition) is 0. The van der Waals surface area contributed by atoms with E-state index in [1.165, 1.54) is 14.2 Å². The van der Waals surface area contributed by atoms with Crippen LogP contribution in [0.1, 0.15) is 5.56 Å². The molecule has 0 aromatic heterocycles. The summed E-state index contributed by atoms with van der Waals surface area (Å²) in [4.78, 5) is 21.8. The molecular weight excluding hydrogens is 224 g/mol. The van der Waals surface area contributed by atoms with Gasteiger partial charge < -0.3 is 14.2 Å². The molecule has 0 aliphatic carbocycles. The highest BCUT2D eigenvalue weighted by Gasteiger charge is 2.12. The highest BCUT2D eigenvalue weighted by Crippen LogP contribution is 2.24. The summed E-state index contributed by atoms with van der Waals surface area (Å²) in [5.41, 5.74) is 0.582. The van der Waals surface area contributed by atoms with Crippen LogP contribution >= 0.6 is 0 Å². The molecule has 0 N–H and O–H groups in total. The molecule has 1 rings (SSSR count). The Hall–Kier alpha value is -2.04. The van der Waals surface area contributed by atoms with Crippen LogP contribution in [0.3, 0.4) is 0 Å². The van der Waals surface area contributed by atoms with Gasteiger partial charge in [-0.15, -0.1) is 0 Å². The summed E-state index contributed by atoms with van der Waals surface area (Å²) < 4.78 is 14.5. The van der Waals surface area contributed by atoms with Gasteiger partial charge >= 0.3 is 11.9 Å². The maximum absolute atomic E-state index is 11.3. The van der Waals surface area contributed by atoms with Crippen LogP contribution in [-0.4, -0.2) is 26.2 Å². The van der Waals surface area contributed by atoms with Crippen LogP contribution in [0, 0.1) is 6.92 Å². The zero-order valence-electron chi connectivity index (χ0n) is 9.69. The van der Waals surface area contributed by atoms with Gasteiger partial charge in [-0.3, -0.25) is 9.59 Å². The van der Waals surface area contributed by atoms with Crippen molar-refractivity contribution in [2.75, 3.05) is 14.2 Å². The molecule has 0 atom stereocenters. The topological polar surface area (TPSA) is 61.8 Å². The summed E-state index contributed by atoms with van der Waals surface area (Å²) in [5, 5.41) is 0. The van der Waals surface area contributed by atoms with E-state index in [1.54, 1.807) is 18.2 Å². The SMILES string of the molecule is [CH2]C(=O)OC(=O)Cc1cc(OC)ccc1OC. The molecule has 0 saturated heterocycles. The summed E-state index contributed by atoms with van der Waals surface area (Å²) in [6.45, 7) is 2.96. The molecule has 5 nitrogen and oxygen atoms in total. The van der Waals surface area contributed by atoms with Crippen molar-refractivity contribution in [1.82, 2.24) is 0 Å². The fourth-order valence-electron chi connectivity index (χ4n) is 1.34. The average molecular weight is 237 g/mol. The smallest absolute Gasteiger partial charge is 0.318 e. The number of methoxy groups -OCH3 is 2. The summed E-state index contributed by atoms with van der Waals surface area (Å²) in [6.07, 6.45) is -0.0817. The van der Waals surface area contributed by atoms with Gasteiger partial charge in [0.1, 0.15) is 11.5 Å². The van der Waals surface area contributed by atoms with Crippen LogP contribution in [0.4, 0.5) is 0 Å². The molecule has 0 aliphatic rings. The minimum Gasteiger partial charge on any atom is -0.497 e. The first-order chi connectivity index (χ1) is 8.06. The minimum atomic E-state index is -0.878. The number of hydrogen-bond acceptors (Lipinski definition) is 5. The van der Waals surface area contributed by atoms with Crippen molar-refractivity contribution in [3.05, 3.63) is 30.7 Å². The highest BCUT2D eigenvalue weighted by molar-refractivity contribution is 5.88. The first-order valence-corrected chi connectivity index (χ1v) is 4.84. The fourth-order valence-corrected chi connectivity index (χ4v) is 1.34. The second-order valence-electron chi connectivity index (χ2n) is 3.20. The number of esters is 2. The number of carbonyl (C=O) groups is 2. The lowest BCUT2D eigenvalue weighted by Crippen LogP contribution is -2.12. The summed E-state index contributed by atoms with van der Waals surface area (Å²) in [5.74, 6) is -0.442. The van der Waals surface area contributed by atoms with E-state index in [9.17, 15) is 9.59 Å². The third-order valence-electron chi connectivity index (χ3n) is 2.05. The van der Waals surface area contributed by atoms with E-state index < -0.39 is 11.9 Å². The Bertz CT molecular complexity index is 425. The molecule has 0 unspecified atom stereocenters. The molecule has 1 radical (unpaired) electrons. The van der Waals surface area contributed by atoms with Crippen LogP contribution in [0.25, 0.3) is 0 Å². The third-order valence-corrected chi connectivity index (χ3v) is 2.05. The van der Waals surface area contributed by atoms with Crippen LogP contribution in [-0.2, 0) is 20.7 Å². The van der Waals surface area contributed by atoms with Gasteiger partial charge in [0.25, 0.3) is 0 Å². The maximum Gasteiger partial charge on any atom is 0.318 e. The maximum atomic E-state index is 11.3. The van der Waals surface area contributed by atoms with E-state index in [0.29, 0.717) is 17.1 Å². The quantitative estimate of drug-likeness (QED) is 0.580. The molecule has 1 aromatic carbocycles. The second kappa shape index (κ2) is 5.89. The lowest BCUT2D eigenvalue weighted by atomic mass is 10.1. The van der Waals surface area contributed by atoms with Gasteiger partial charge in [-0.1, -0.05) is 0 Å². The molecular formula is C12H13O5. The van der Waals surface area contributed by atoms with E-state index in [2.05, 4.69) is 11.7 Å². The molecule has 17 heavy (non-hydrogen) atoms. The molecule has 0 fully saturated rings. The van der Waals surface area contributed by atoms with Gasteiger partial charge in [0.05, 0.1) is 27.6 Å². The monoisotopic (exact) mass is 237 g/mol. The molecule has 0 bridgehead atoms. The third kappa shape index (κ3) is 3.79. The second-order valence-corrected chi connectivity index (χ2v) is 3.20. The lowest BCUT2D eigenvalue weighted by Gasteiger charge is -2.09. The molecule has 91 valence electrons. The van der Waals surface area contributed by atoms with Crippen molar-refractivity contribution in [3.63, 3.8) is 0 Å². The van der Waals surface area contributed by atoms with Crippen LogP contribution in [0.5, 0.6) is 11.5 Å². The van der Waals surface area contributed by atoms with Gasteiger partial charge in [-0.25, -0.2) is 0 Å². The van der Waals surface area contributed by atoms with E-state index in [1.807, 2.05) is 0 Å². The standard InChI is InChI=1S/C12H13O5/c1-8(13)17-12(14)7-9-6-10(15-2)4-5-11(9)16-3/h4-6H,1,7H2,2-3H3. The molecule has 0 saturated carbocycles. The Balaban J connectivity index is 2.87. The number of rotatable bonds is 4. The zero-order chi connectivity index (χ0) is 12.8. The molecule has 0 spiro atoms. The molecule has 0 amide bonds. The molecule has 0 aliphatic heterocycles. The zero-order valence-corrected chi connectivity index (χ0v) is 9.69.